The van der Waals surface area contributed by atoms with Crippen LogP contribution in [0.1, 0.15) is 26.3 Å². The largest absolute Gasteiger partial charge is 0.497 e. The molecule has 0 aliphatic heterocycles. The molecule has 3 aromatic carbocycles. The van der Waals surface area contributed by atoms with Gasteiger partial charge in [0.25, 0.3) is 0 Å². The molecule has 0 unspecified atom stereocenters. The van der Waals surface area contributed by atoms with Crippen LogP contribution in [0, 0.1) is 0 Å². The summed E-state index contributed by atoms with van der Waals surface area (Å²) in [5.74, 6) is 0.721. The molecule has 0 N–H and O–H groups in total. The Morgan fingerprint density at radius 2 is 1.68 bits per heavy atom. The number of nitrogens with zero attached hydrogens (tertiary/aromatic N) is 2. The van der Waals surface area contributed by atoms with Crippen LogP contribution in [-0.2, 0) is 11.3 Å². The van der Waals surface area contributed by atoms with Gasteiger partial charge in [0, 0.05) is 21.7 Å². The number of ether oxygens (including phenoxy) is 2. The number of methoxy groups -OCH3 is 1. The van der Waals surface area contributed by atoms with Gasteiger partial charge in [-0.1, -0.05) is 41.9 Å². The molecule has 0 saturated heterocycles. The summed E-state index contributed by atoms with van der Waals surface area (Å²) in [5.41, 5.74) is 3.61. The fourth-order valence-electron chi connectivity index (χ4n) is 3.66. The Hall–Kier alpha value is -3.57. The van der Waals surface area contributed by atoms with Crippen molar-refractivity contribution in [3.63, 3.8) is 0 Å². The van der Waals surface area contributed by atoms with E-state index in [1.807, 2.05) is 87.5 Å². The lowest BCUT2D eigenvalue weighted by Gasteiger charge is -2.28. The van der Waals surface area contributed by atoms with E-state index in [1.54, 1.807) is 24.1 Å². The van der Waals surface area contributed by atoms with E-state index in [4.69, 9.17) is 26.1 Å². The van der Waals surface area contributed by atoms with Crippen LogP contribution in [0.3, 0.4) is 0 Å². The van der Waals surface area contributed by atoms with Crippen molar-refractivity contribution in [2.24, 2.45) is 0 Å². The summed E-state index contributed by atoms with van der Waals surface area (Å²) in [4.78, 5) is 19.8. The second kappa shape index (κ2) is 9.74. The van der Waals surface area contributed by atoms with Gasteiger partial charge in [-0.25, -0.2) is 9.78 Å². The highest BCUT2D eigenvalue weighted by atomic mass is 35.5. The van der Waals surface area contributed by atoms with Gasteiger partial charge in [-0.2, -0.15) is 0 Å². The fraction of sp³-hybridized carbons (Fsp3) is 0.214. The Morgan fingerprint density at radius 3 is 2.32 bits per heavy atom. The molecule has 0 fully saturated rings. The highest BCUT2D eigenvalue weighted by molar-refractivity contribution is 6.30. The molecule has 5 nitrogen and oxygen atoms in total. The SMILES string of the molecule is COc1ccc2nc(-c3ccccc3)cc(CN(C(=O)OC(C)(C)C)c3ccc(Cl)cc3)c2c1. The van der Waals surface area contributed by atoms with Crippen molar-refractivity contribution in [3.8, 4) is 17.0 Å². The first kappa shape index (κ1) is 23.6. The highest BCUT2D eigenvalue weighted by Crippen LogP contribution is 2.31. The van der Waals surface area contributed by atoms with Crippen LogP contribution < -0.4 is 9.64 Å². The van der Waals surface area contributed by atoms with Gasteiger partial charge in [0.2, 0.25) is 0 Å². The average molecular weight is 475 g/mol. The second-order valence-corrected chi connectivity index (χ2v) is 9.40. The van der Waals surface area contributed by atoms with E-state index in [0.29, 0.717) is 10.7 Å². The molecule has 174 valence electrons. The maximum Gasteiger partial charge on any atom is 0.415 e. The summed E-state index contributed by atoms with van der Waals surface area (Å²) in [6, 6.07) is 24.9. The summed E-state index contributed by atoms with van der Waals surface area (Å²) < 4.78 is 11.2. The molecule has 1 aromatic heterocycles. The molecule has 0 aliphatic carbocycles. The average Bonchev–Trinajstić information content (AvgIpc) is 2.82. The summed E-state index contributed by atoms with van der Waals surface area (Å²) in [6.07, 6.45) is -0.441. The number of hydrogen-bond donors (Lipinski definition) is 0. The molecule has 0 saturated carbocycles. The van der Waals surface area contributed by atoms with Crippen molar-refractivity contribution < 1.29 is 14.3 Å². The zero-order valence-electron chi connectivity index (χ0n) is 19.7. The van der Waals surface area contributed by atoms with Crippen molar-refractivity contribution >= 4 is 34.3 Å². The molecular formula is C28H27ClN2O3. The smallest absolute Gasteiger partial charge is 0.415 e. The van der Waals surface area contributed by atoms with Gasteiger partial charge in [-0.15, -0.1) is 0 Å². The third-order valence-corrected chi connectivity index (χ3v) is 5.50. The van der Waals surface area contributed by atoms with Gasteiger partial charge in [0.15, 0.2) is 0 Å². The number of anilines is 1. The number of carbonyl (C=O) groups is 1. The van der Waals surface area contributed by atoms with Gasteiger partial charge in [-0.05, 0) is 74.9 Å². The Kier molecular flexibility index (Phi) is 6.75. The Labute approximate surface area is 204 Å². The van der Waals surface area contributed by atoms with Gasteiger partial charge < -0.3 is 9.47 Å². The summed E-state index contributed by atoms with van der Waals surface area (Å²) >= 11 is 6.11. The predicted octanol–water partition coefficient (Wildman–Crippen LogP) is 7.51. The topological polar surface area (TPSA) is 51.7 Å². The molecule has 4 rings (SSSR count). The molecule has 0 atom stereocenters. The number of carbonyl (C=O) groups excluding carboxylic acids is 1. The predicted molar refractivity (Wildman–Crippen MR) is 138 cm³/mol. The Balaban J connectivity index is 1.85. The van der Waals surface area contributed by atoms with Crippen molar-refractivity contribution in [3.05, 3.63) is 89.4 Å². The molecule has 0 aliphatic rings. The van der Waals surface area contributed by atoms with Gasteiger partial charge in [-0.3, -0.25) is 4.90 Å². The van der Waals surface area contributed by atoms with Crippen LogP contribution >= 0.6 is 11.6 Å². The molecule has 0 radical (unpaired) electrons. The first-order valence-electron chi connectivity index (χ1n) is 11.0. The van der Waals surface area contributed by atoms with Crippen LogP contribution in [0.4, 0.5) is 10.5 Å². The molecule has 6 heteroatoms. The first-order valence-corrected chi connectivity index (χ1v) is 11.4. The summed E-state index contributed by atoms with van der Waals surface area (Å²) in [5, 5.41) is 1.50. The monoisotopic (exact) mass is 474 g/mol. The summed E-state index contributed by atoms with van der Waals surface area (Å²) in [6.45, 7) is 5.84. The van der Waals surface area contributed by atoms with Crippen molar-refractivity contribution in [2.45, 2.75) is 32.9 Å². The van der Waals surface area contributed by atoms with Crippen LogP contribution in [0.15, 0.2) is 78.9 Å². The number of rotatable bonds is 5. The maximum atomic E-state index is 13.3. The molecule has 0 bridgehead atoms. The minimum absolute atomic E-state index is 0.280. The lowest BCUT2D eigenvalue weighted by Crippen LogP contribution is -2.36. The third kappa shape index (κ3) is 5.49. The molecular weight excluding hydrogens is 448 g/mol. The van der Waals surface area contributed by atoms with E-state index in [0.717, 1.165) is 33.5 Å². The van der Waals surface area contributed by atoms with E-state index in [1.165, 1.54) is 0 Å². The van der Waals surface area contributed by atoms with E-state index in [-0.39, 0.29) is 6.54 Å². The zero-order valence-corrected chi connectivity index (χ0v) is 20.5. The number of pyridine rings is 1. The second-order valence-electron chi connectivity index (χ2n) is 8.96. The maximum absolute atomic E-state index is 13.3. The molecule has 0 spiro atoms. The van der Waals surface area contributed by atoms with Crippen LogP contribution in [-0.4, -0.2) is 23.8 Å². The molecule has 4 aromatic rings. The number of hydrogen-bond acceptors (Lipinski definition) is 4. The Bertz CT molecular complexity index is 1300. The molecule has 1 amide bonds. The Morgan fingerprint density at radius 1 is 0.971 bits per heavy atom. The molecule has 34 heavy (non-hydrogen) atoms. The number of amides is 1. The minimum atomic E-state index is -0.638. The number of aromatic nitrogens is 1. The standard InChI is InChI=1S/C28H27ClN2O3/c1-28(2,3)34-27(32)31(22-12-10-21(29)11-13-22)18-20-16-26(19-8-6-5-7-9-19)30-25-15-14-23(33-4)17-24(20)25/h5-17H,18H2,1-4H3. The summed E-state index contributed by atoms with van der Waals surface area (Å²) in [7, 11) is 1.63. The lowest BCUT2D eigenvalue weighted by molar-refractivity contribution is 0.0577. The number of benzene rings is 3. The van der Waals surface area contributed by atoms with Crippen molar-refractivity contribution in [1.82, 2.24) is 4.98 Å². The van der Waals surface area contributed by atoms with E-state index in [9.17, 15) is 4.79 Å². The van der Waals surface area contributed by atoms with E-state index >= 15 is 0 Å². The van der Waals surface area contributed by atoms with Crippen LogP contribution in [0.5, 0.6) is 5.75 Å². The molecule has 1 heterocycles. The number of fused-ring (bicyclic) bond motifs is 1. The van der Waals surface area contributed by atoms with Gasteiger partial charge in [0.05, 0.1) is 24.9 Å². The lowest BCUT2D eigenvalue weighted by atomic mass is 10.0. The normalized spacial score (nSPS) is 11.3. The van der Waals surface area contributed by atoms with Gasteiger partial charge >= 0.3 is 6.09 Å². The van der Waals surface area contributed by atoms with Crippen molar-refractivity contribution in [1.29, 1.82) is 0 Å². The number of halogens is 1. The quantitative estimate of drug-likeness (QED) is 0.300. The fourth-order valence-corrected chi connectivity index (χ4v) is 3.78. The minimum Gasteiger partial charge on any atom is -0.497 e. The van der Waals surface area contributed by atoms with E-state index in [2.05, 4.69) is 0 Å². The van der Waals surface area contributed by atoms with Crippen LogP contribution in [0.2, 0.25) is 5.02 Å². The highest BCUT2D eigenvalue weighted by Gasteiger charge is 2.25. The first-order chi connectivity index (χ1) is 16.2. The van der Waals surface area contributed by atoms with Gasteiger partial charge in [0.1, 0.15) is 11.4 Å². The van der Waals surface area contributed by atoms with E-state index < -0.39 is 11.7 Å². The van der Waals surface area contributed by atoms with Crippen LogP contribution in [0.25, 0.3) is 22.2 Å². The third-order valence-electron chi connectivity index (χ3n) is 5.25. The van der Waals surface area contributed by atoms with Crippen molar-refractivity contribution in [2.75, 3.05) is 12.0 Å². The zero-order chi connectivity index (χ0) is 24.3.